The van der Waals surface area contributed by atoms with Crippen LogP contribution in [-0.2, 0) is 8.98 Å². The van der Waals surface area contributed by atoms with Gasteiger partial charge in [-0.25, -0.2) is 5.84 Å². The van der Waals surface area contributed by atoms with Crippen LogP contribution in [0, 0.1) is 0 Å². The van der Waals surface area contributed by atoms with Crippen molar-refractivity contribution in [2.75, 3.05) is 25.7 Å². The molecule has 1 aromatic rings. The van der Waals surface area contributed by atoms with Crippen molar-refractivity contribution < 1.29 is 8.98 Å². The Kier molecular flexibility index (Phi) is 8.65. The van der Waals surface area contributed by atoms with Crippen molar-refractivity contribution in [1.82, 2.24) is 15.3 Å². The van der Waals surface area contributed by atoms with Crippen LogP contribution in [0.25, 0.3) is 5.70 Å². The molecule has 0 atom stereocenters. The standard InChI is InChI=1S/C16H26N6O2S/c1-5-12(24-25-4)7-9-14(23)21-11-6-8-13(20-10-11)15(17)16(19-2)22(3)18/h5-6,8,10,19H,7,9,17-18H2,1-4H3,(H,21,23)/b12-5+,16-15-. The van der Waals surface area contributed by atoms with E-state index in [9.17, 15) is 4.79 Å². The third kappa shape index (κ3) is 6.55. The van der Waals surface area contributed by atoms with Gasteiger partial charge in [0.25, 0.3) is 0 Å². The maximum absolute atomic E-state index is 12.0. The van der Waals surface area contributed by atoms with Crippen LogP contribution in [0.5, 0.6) is 0 Å². The van der Waals surface area contributed by atoms with Gasteiger partial charge >= 0.3 is 0 Å². The van der Waals surface area contributed by atoms with Gasteiger partial charge in [-0.05, 0) is 25.1 Å². The van der Waals surface area contributed by atoms with E-state index in [1.165, 1.54) is 17.1 Å². The Morgan fingerprint density at radius 1 is 1.44 bits per heavy atom. The molecule has 1 amide bonds. The van der Waals surface area contributed by atoms with E-state index in [4.69, 9.17) is 15.8 Å². The van der Waals surface area contributed by atoms with Crippen LogP contribution >= 0.6 is 12.0 Å². The molecular formula is C16H26N6O2S. The van der Waals surface area contributed by atoms with E-state index in [0.29, 0.717) is 35.7 Å². The van der Waals surface area contributed by atoms with Crippen molar-refractivity contribution in [2.45, 2.75) is 19.8 Å². The zero-order chi connectivity index (χ0) is 18.8. The van der Waals surface area contributed by atoms with E-state index in [-0.39, 0.29) is 5.91 Å². The molecule has 8 nitrogen and oxygen atoms in total. The van der Waals surface area contributed by atoms with Gasteiger partial charge in [0.15, 0.2) is 0 Å². The minimum Gasteiger partial charge on any atom is -0.431 e. The Morgan fingerprint density at radius 2 is 2.16 bits per heavy atom. The SMILES string of the molecule is C/C=C(\CCC(=O)Nc1ccc(/C(N)=C(\NC)N(C)N)nc1)OSC. The number of hydrogen-bond donors (Lipinski definition) is 4. The number of nitrogens with zero attached hydrogens (tertiary/aromatic N) is 2. The first-order chi connectivity index (χ1) is 11.9. The van der Waals surface area contributed by atoms with Crippen LogP contribution in [0.2, 0.25) is 0 Å². The molecule has 0 radical (unpaired) electrons. The van der Waals surface area contributed by atoms with E-state index < -0.39 is 0 Å². The molecule has 1 rings (SSSR count). The summed E-state index contributed by atoms with van der Waals surface area (Å²) in [6.07, 6.45) is 6.10. The number of nitrogens with one attached hydrogen (secondary N) is 2. The highest BCUT2D eigenvalue weighted by molar-refractivity contribution is 7.94. The van der Waals surface area contributed by atoms with E-state index in [1.807, 2.05) is 19.3 Å². The van der Waals surface area contributed by atoms with Gasteiger partial charge < -0.3 is 20.6 Å². The van der Waals surface area contributed by atoms with Gasteiger partial charge in [-0.2, -0.15) is 0 Å². The summed E-state index contributed by atoms with van der Waals surface area (Å²) in [6, 6.07) is 3.46. The first-order valence-electron chi connectivity index (χ1n) is 7.71. The highest BCUT2D eigenvalue weighted by Crippen LogP contribution is 2.16. The molecule has 9 heteroatoms. The minimum atomic E-state index is -0.111. The molecule has 0 aliphatic carbocycles. The van der Waals surface area contributed by atoms with Crippen molar-refractivity contribution in [1.29, 1.82) is 0 Å². The van der Waals surface area contributed by atoms with E-state index >= 15 is 0 Å². The van der Waals surface area contributed by atoms with Gasteiger partial charge in [-0.1, -0.05) is 0 Å². The molecule has 0 saturated heterocycles. The summed E-state index contributed by atoms with van der Waals surface area (Å²) in [4.78, 5) is 16.3. The Bertz CT molecular complexity index is 628. The summed E-state index contributed by atoms with van der Waals surface area (Å²) < 4.78 is 5.33. The van der Waals surface area contributed by atoms with Gasteiger partial charge in [-0.3, -0.25) is 14.8 Å². The highest BCUT2D eigenvalue weighted by Gasteiger charge is 2.10. The monoisotopic (exact) mass is 366 g/mol. The van der Waals surface area contributed by atoms with Gasteiger partial charge in [-0.15, -0.1) is 0 Å². The van der Waals surface area contributed by atoms with Crippen molar-refractivity contribution in [3.8, 4) is 0 Å². The van der Waals surface area contributed by atoms with Gasteiger partial charge in [0.2, 0.25) is 5.91 Å². The zero-order valence-electron chi connectivity index (χ0n) is 15.0. The third-order valence-corrected chi connectivity index (χ3v) is 3.66. The van der Waals surface area contributed by atoms with Crippen LogP contribution in [0.15, 0.2) is 36.0 Å². The molecular weight excluding hydrogens is 340 g/mol. The molecule has 0 unspecified atom stereocenters. The fourth-order valence-corrected chi connectivity index (χ4v) is 2.44. The second kappa shape index (κ2) is 10.5. The average molecular weight is 366 g/mol. The Morgan fingerprint density at radius 3 is 2.64 bits per heavy atom. The van der Waals surface area contributed by atoms with Crippen molar-refractivity contribution >= 4 is 29.3 Å². The average Bonchev–Trinajstić information content (AvgIpc) is 2.59. The maximum Gasteiger partial charge on any atom is 0.224 e. The van der Waals surface area contributed by atoms with Crippen molar-refractivity contribution in [2.24, 2.45) is 11.6 Å². The van der Waals surface area contributed by atoms with Crippen LogP contribution in [0.1, 0.15) is 25.5 Å². The van der Waals surface area contributed by atoms with Crippen LogP contribution in [0.3, 0.4) is 0 Å². The summed E-state index contributed by atoms with van der Waals surface area (Å²) in [7, 11) is 3.40. The number of carbonyl (C=O) groups excluding carboxylic acids is 1. The quantitative estimate of drug-likeness (QED) is 0.225. The van der Waals surface area contributed by atoms with Crippen LogP contribution in [-0.4, -0.2) is 36.3 Å². The predicted octanol–water partition coefficient (Wildman–Crippen LogP) is 1.61. The lowest BCUT2D eigenvalue weighted by Gasteiger charge is -2.18. The Balaban J connectivity index is 2.69. The summed E-state index contributed by atoms with van der Waals surface area (Å²) in [5.74, 6) is 6.92. The number of pyridine rings is 1. The smallest absolute Gasteiger partial charge is 0.224 e. The molecule has 0 aliphatic rings. The Hall–Kier alpha value is -2.39. The van der Waals surface area contributed by atoms with Gasteiger partial charge in [0, 0.05) is 33.2 Å². The van der Waals surface area contributed by atoms with Crippen LogP contribution < -0.4 is 22.2 Å². The van der Waals surface area contributed by atoms with Gasteiger partial charge in [0.1, 0.15) is 11.6 Å². The predicted molar refractivity (Wildman–Crippen MR) is 103 cm³/mol. The lowest BCUT2D eigenvalue weighted by Crippen LogP contribution is -2.34. The second-order valence-corrected chi connectivity index (χ2v) is 5.61. The number of hydrogen-bond acceptors (Lipinski definition) is 8. The molecule has 0 saturated carbocycles. The van der Waals surface area contributed by atoms with E-state index in [0.717, 1.165) is 5.76 Å². The number of nitrogens with two attached hydrogens (primary N) is 2. The Labute approximate surface area is 152 Å². The molecule has 1 aromatic heterocycles. The lowest BCUT2D eigenvalue weighted by molar-refractivity contribution is -0.116. The number of anilines is 1. The molecule has 25 heavy (non-hydrogen) atoms. The lowest BCUT2D eigenvalue weighted by atomic mass is 10.2. The number of carbonyl (C=O) groups is 1. The number of amides is 1. The van der Waals surface area contributed by atoms with E-state index in [1.54, 1.807) is 32.4 Å². The highest BCUT2D eigenvalue weighted by atomic mass is 32.2. The van der Waals surface area contributed by atoms with E-state index in [2.05, 4.69) is 15.6 Å². The molecule has 0 spiro atoms. The summed E-state index contributed by atoms with van der Waals surface area (Å²) in [6.45, 7) is 1.88. The molecule has 0 aromatic carbocycles. The van der Waals surface area contributed by atoms with Crippen molar-refractivity contribution in [3.63, 3.8) is 0 Å². The van der Waals surface area contributed by atoms with Crippen molar-refractivity contribution in [3.05, 3.63) is 41.7 Å². The van der Waals surface area contributed by atoms with Gasteiger partial charge in [0.05, 0.1) is 35.3 Å². The summed E-state index contributed by atoms with van der Waals surface area (Å²) >= 11 is 1.26. The third-order valence-electron chi connectivity index (χ3n) is 3.28. The minimum absolute atomic E-state index is 0.111. The summed E-state index contributed by atoms with van der Waals surface area (Å²) in [5.41, 5.74) is 7.62. The summed E-state index contributed by atoms with van der Waals surface area (Å²) in [5, 5.41) is 7.09. The van der Waals surface area contributed by atoms with Crippen LogP contribution in [0.4, 0.5) is 5.69 Å². The number of rotatable bonds is 9. The fourth-order valence-electron chi connectivity index (χ4n) is 2.05. The first-order valence-corrected chi connectivity index (χ1v) is 8.85. The number of allylic oxidation sites excluding steroid dienone is 2. The topological polar surface area (TPSA) is 119 Å². The molecule has 0 fully saturated rings. The molecule has 138 valence electrons. The molecule has 6 N–H and O–H groups in total. The second-order valence-electron chi connectivity index (χ2n) is 5.11. The maximum atomic E-state index is 12.0. The fraction of sp³-hybridized carbons (Fsp3) is 0.375. The molecule has 0 bridgehead atoms. The molecule has 1 heterocycles. The zero-order valence-corrected chi connectivity index (χ0v) is 15.8. The largest absolute Gasteiger partial charge is 0.431 e. The first kappa shape index (κ1) is 20.7. The molecule has 0 aliphatic heterocycles. The normalized spacial score (nSPS) is 12.3. The number of aromatic nitrogens is 1. The number of hydrazine groups is 1.